The smallest absolute Gasteiger partial charge is 0.0689 e. The minimum atomic E-state index is -1.75. The maximum absolute atomic E-state index is 8.25. The number of hydrogen-bond acceptors (Lipinski definition) is 6. The van der Waals surface area contributed by atoms with Gasteiger partial charge in [0.05, 0.1) is 10.2 Å². The minimum Gasteiger partial charge on any atom is -0.369 e. The first-order valence-corrected chi connectivity index (χ1v) is 1.10. The first-order valence-electron chi connectivity index (χ1n) is 1.10. The molecule has 0 aromatic carbocycles. The molecule has 68 valence electrons. The van der Waals surface area contributed by atoms with Crippen molar-refractivity contribution in [3.05, 3.63) is 30.6 Å². The molecule has 11 heavy (non-hydrogen) atoms. The van der Waals surface area contributed by atoms with Gasteiger partial charge in [0, 0.05) is 41.7 Å². The summed E-state index contributed by atoms with van der Waals surface area (Å²) in [5.41, 5.74) is 0. The van der Waals surface area contributed by atoms with E-state index in [2.05, 4.69) is 0 Å². The Labute approximate surface area is 94.3 Å². The predicted octanol–water partition coefficient (Wildman–Crippen LogP) is 0.274. The SMILES string of the molecule is O=[N+]([O-])[O-].O=[N+]([O-])[O-].[Ce].[NH4+].[NH4+]. The molecule has 0 fully saturated rings. The molecule has 0 spiro atoms. The fourth-order valence-corrected chi connectivity index (χ4v) is 0. The van der Waals surface area contributed by atoms with Gasteiger partial charge in [0.25, 0.3) is 0 Å². The Hall–Kier alpha value is -0.303. The van der Waals surface area contributed by atoms with Crippen molar-refractivity contribution >= 4 is 0 Å². The molecule has 0 amide bonds. The van der Waals surface area contributed by atoms with E-state index in [1.807, 2.05) is 0 Å². The van der Waals surface area contributed by atoms with Crippen LogP contribution >= 0.6 is 0 Å². The van der Waals surface area contributed by atoms with Crippen LogP contribution in [-0.2, 0) is 0 Å². The maximum Gasteiger partial charge on any atom is 0.0689 e. The maximum atomic E-state index is 8.25. The van der Waals surface area contributed by atoms with Crippen LogP contribution in [0.1, 0.15) is 0 Å². The number of nitrogens with zero attached hydrogens (tertiary/aromatic N) is 2. The Bertz CT molecular complexity index is 72.6. The van der Waals surface area contributed by atoms with E-state index in [0.29, 0.717) is 0 Å². The molecule has 0 aliphatic heterocycles. The predicted molar refractivity (Wildman–Crippen MR) is 32.7 cm³/mol. The van der Waals surface area contributed by atoms with Crippen molar-refractivity contribution in [1.82, 2.24) is 12.3 Å². The van der Waals surface area contributed by atoms with Crippen molar-refractivity contribution in [2.75, 3.05) is 0 Å². The zero-order valence-corrected chi connectivity index (χ0v) is 8.98. The monoisotopic (exact) mass is 300 g/mol. The van der Waals surface area contributed by atoms with Crippen molar-refractivity contribution in [3.8, 4) is 0 Å². The van der Waals surface area contributed by atoms with Gasteiger partial charge >= 0.3 is 0 Å². The summed E-state index contributed by atoms with van der Waals surface area (Å²) >= 11 is 0. The average molecular weight is 300 g/mol. The molecule has 0 saturated carbocycles. The fourth-order valence-electron chi connectivity index (χ4n) is 0. The van der Waals surface area contributed by atoms with Gasteiger partial charge < -0.3 is 42.9 Å². The van der Waals surface area contributed by atoms with Crippen molar-refractivity contribution < 1.29 is 51.9 Å². The Morgan fingerprint density at radius 1 is 0.727 bits per heavy atom. The summed E-state index contributed by atoms with van der Waals surface area (Å²) in [5, 5.41) is 29.5. The molecular weight excluding hydrogens is 292 g/mol. The summed E-state index contributed by atoms with van der Waals surface area (Å²) in [6.07, 6.45) is 0. The van der Waals surface area contributed by atoms with Crippen LogP contribution in [0.25, 0.3) is 0 Å². The van der Waals surface area contributed by atoms with Gasteiger partial charge in [0.2, 0.25) is 0 Å². The van der Waals surface area contributed by atoms with Gasteiger partial charge in [0.1, 0.15) is 0 Å². The topological polar surface area (TPSA) is 205 Å². The van der Waals surface area contributed by atoms with Crippen LogP contribution in [0.5, 0.6) is 0 Å². The number of quaternary nitrogens is 2. The molecule has 10 nitrogen and oxygen atoms in total. The molecular formula is H8CeN4O6. The normalized spacial score (nSPS) is 4.36. The van der Waals surface area contributed by atoms with Crippen LogP contribution in [0.4, 0.5) is 0 Å². The van der Waals surface area contributed by atoms with Crippen LogP contribution in [0.2, 0.25) is 0 Å². The van der Waals surface area contributed by atoms with Crippen LogP contribution in [0, 0.1) is 72.4 Å². The average Bonchev–Trinajstić information content (AvgIpc) is 1.25. The molecule has 8 N–H and O–H groups in total. The summed E-state index contributed by atoms with van der Waals surface area (Å²) in [6, 6.07) is 0. The van der Waals surface area contributed by atoms with E-state index in [4.69, 9.17) is 30.6 Å². The Balaban J connectivity index is -0.0000000171. The number of rotatable bonds is 0. The molecule has 0 heterocycles. The van der Waals surface area contributed by atoms with Crippen molar-refractivity contribution in [3.63, 3.8) is 0 Å². The van der Waals surface area contributed by atoms with Gasteiger partial charge in [-0.2, -0.15) is 0 Å². The van der Waals surface area contributed by atoms with Gasteiger partial charge in [-0.3, -0.25) is 0 Å². The summed E-state index contributed by atoms with van der Waals surface area (Å²) in [5.74, 6) is 0. The fraction of sp³-hybridized carbons (Fsp3) is 0. The van der Waals surface area contributed by atoms with Gasteiger partial charge in [-0.1, -0.05) is 0 Å². The van der Waals surface area contributed by atoms with Gasteiger partial charge in [0.15, 0.2) is 0 Å². The van der Waals surface area contributed by atoms with Crippen LogP contribution in [-0.4, -0.2) is 10.2 Å². The van der Waals surface area contributed by atoms with Gasteiger partial charge in [-0.25, -0.2) is 0 Å². The van der Waals surface area contributed by atoms with Crippen molar-refractivity contribution in [2.45, 2.75) is 0 Å². The quantitative estimate of drug-likeness (QED) is 0.473. The van der Waals surface area contributed by atoms with Gasteiger partial charge in [-0.15, -0.1) is 0 Å². The molecule has 0 aliphatic rings. The largest absolute Gasteiger partial charge is 0.369 e. The molecule has 0 aromatic rings. The summed E-state index contributed by atoms with van der Waals surface area (Å²) in [7, 11) is 0. The molecule has 0 aliphatic carbocycles. The van der Waals surface area contributed by atoms with E-state index in [1.165, 1.54) is 0 Å². The van der Waals surface area contributed by atoms with Gasteiger partial charge in [-0.05, 0) is 0 Å². The van der Waals surface area contributed by atoms with E-state index in [-0.39, 0.29) is 54.0 Å². The van der Waals surface area contributed by atoms with E-state index < -0.39 is 10.2 Å². The first-order chi connectivity index (χ1) is 3.46. The zero-order chi connectivity index (χ0) is 7.15. The molecule has 0 atom stereocenters. The van der Waals surface area contributed by atoms with E-state index in [9.17, 15) is 0 Å². The van der Waals surface area contributed by atoms with Crippen LogP contribution in [0.3, 0.4) is 0 Å². The third-order valence-corrected chi connectivity index (χ3v) is 0. The molecule has 0 saturated heterocycles. The molecule has 0 rings (SSSR count). The third-order valence-electron chi connectivity index (χ3n) is 0. The standard InChI is InChI=1S/Ce.2NO3.2H3N/c;2*2-1(3)4;;/h;;;2*1H3/q;2*-1;;/p+2. The molecule has 11 heteroatoms. The second kappa shape index (κ2) is 22.6. The Morgan fingerprint density at radius 3 is 0.727 bits per heavy atom. The van der Waals surface area contributed by atoms with E-state index in [0.717, 1.165) is 0 Å². The summed E-state index contributed by atoms with van der Waals surface area (Å²) in [6.45, 7) is 0. The molecule has 0 unspecified atom stereocenters. The van der Waals surface area contributed by atoms with Crippen LogP contribution < -0.4 is 12.3 Å². The molecule has 0 radical (unpaired) electrons. The van der Waals surface area contributed by atoms with Crippen LogP contribution in [0.15, 0.2) is 0 Å². The Kier molecular flexibility index (Phi) is 63.7. The second-order valence-corrected chi connectivity index (χ2v) is 0.447. The third kappa shape index (κ3) is 6240. The molecule has 0 aromatic heterocycles. The molecule has 0 bridgehead atoms. The minimum absolute atomic E-state index is 0. The zero-order valence-electron chi connectivity index (χ0n) is 5.84. The van der Waals surface area contributed by atoms with E-state index >= 15 is 0 Å². The van der Waals surface area contributed by atoms with E-state index in [1.54, 1.807) is 0 Å². The van der Waals surface area contributed by atoms with Crippen molar-refractivity contribution in [2.24, 2.45) is 0 Å². The summed E-state index contributed by atoms with van der Waals surface area (Å²) < 4.78 is 0. The number of hydrogen-bond donors (Lipinski definition) is 2. The second-order valence-electron chi connectivity index (χ2n) is 0.447. The first kappa shape index (κ1) is 31.0. The van der Waals surface area contributed by atoms with Crippen molar-refractivity contribution in [1.29, 1.82) is 0 Å². The summed E-state index contributed by atoms with van der Waals surface area (Å²) in [4.78, 5) is 16.5. The Morgan fingerprint density at radius 2 is 0.727 bits per heavy atom.